The van der Waals surface area contributed by atoms with Gasteiger partial charge in [-0.2, -0.15) is 0 Å². The number of aliphatic imine (C=N–C) groups is 1. The van der Waals surface area contributed by atoms with Crippen LogP contribution < -0.4 is 20.7 Å². The highest BCUT2D eigenvalue weighted by molar-refractivity contribution is 7.99. The molecule has 0 radical (unpaired) electrons. The third-order valence-electron chi connectivity index (χ3n) is 3.82. The number of thioether (sulfide) groups is 1. The number of ether oxygens (including phenoxy) is 1. The van der Waals surface area contributed by atoms with Crippen LogP contribution >= 0.6 is 23.4 Å². The average molecular weight is 435 g/mol. The maximum Gasteiger partial charge on any atom is 0.221 e. The van der Waals surface area contributed by atoms with Crippen LogP contribution in [0.3, 0.4) is 0 Å². The van der Waals surface area contributed by atoms with Crippen LogP contribution in [0.5, 0.6) is 5.75 Å². The first kappa shape index (κ1) is 22.9. The molecule has 0 saturated heterocycles. The maximum atomic E-state index is 11.4. The van der Waals surface area contributed by atoms with Gasteiger partial charge in [-0.15, -0.1) is 11.8 Å². The molecule has 3 N–H and O–H groups in total. The number of nitrogens with one attached hydrogen (secondary N) is 3. The number of methoxy groups -OCH3 is 1. The van der Waals surface area contributed by atoms with Crippen LogP contribution in [0.15, 0.2) is 52.4 Å². The molecule has 0 unspecified atom stereocenters. The van der Waals surface area contributed by atoms with E-state index in [-0.39, 0.29) is 5.91 Å². The van der Waals surface area contributed by atoms with Crippen molar-refractivity contribution in [1.29, 1.82) is 0 Å². The Bertz CT molecular complexity index is 828. The minimum atomic E-state index is -0.142. The summed E-state index contributed by atoms with van der Waals surface area (Å²) in [7, 11) is 1.58. The average Bonchev–Trinajstić information content (AvgIpc) is 2.70. The normalized spacial score (nSPS) is 11.1. The highest BCUT2D eigenvalue weighted by atomic mass is 35.5. The predicted octanol–water partition coefficient (Wildman–Crippen LogP) is 4.15. The topological polar surface area (TPSA) is 74.8 Å². The van der Waals surface area contributed by atoms with E-state index in [1.807, 2.05) is 49.4 Å². The molecule has 0 heterocycles. The van der Waals surface area contributed by atoms with Gasteiger partial charge in [-0.25, -0.2) is 4.99 Å². The van der Waals surface area contributed by atoms with E-state index in [1.54, 1.807) is 18.9 Å². The van der Waals surface area contributed by atoms with E-state index in [2.05, 4.69) is 20.9 Å². The zero-order valence-electron chi connectivity index (χ0n) is 16.9. The van der Waals surface area contributed by atoms with Crippen LogP contribution in [0.4, 0.5) is 5.69 Å². The van der Waals surface area contributed by atoms with Crippen molar-refractivity contribution < 1.29 is 9.53 Å². The van der Waals surface area contributed by atoms with E-state index in [0.29, 0.717) is 18.0 Å². The highest BCUT2D eigenvalue weighted by Crippen LogP contribution is 2.25. The summed E-state index contributed by atoms with van der Waals surface area (Å²) < 4.78 is 5.29. The van der Waals surface area contributed by atoms with E-state index in [4.69, 9.17) is 16.3 Å². The van der Waals surface area contributed by atoms with Crippen molar-refractivity contribution in [2.24, 2.45) is 4.99 Å². The van der Waals surface area contributed by atoms with Crippen LogP contribution in [-0.4, -0.2) is 37.8 Å². The summed E-state index contributed by atoms with van der Waals surface area (Å²) in [4.78, 5) is 17.2. The van der Waals surface area contributed by atoms with E-state index in [1.165, 1.54) is 11.8 Å². The molecule has 6 nitrogen and oxygen atoms in total. The van der Waals surface area contributed by atoms with Gasteiger partial charge in [0.1, 0.15) is 5.75 Å². The summed E-state index contributed by atoms with van der Waals surface area (Å²) in [5.41, 5.74) is 1.62. The maximum absolute atomic E-state index is 11.4. The Hall–Kier alpha value is -2.38. The third kappa shape index (κ3) is 8.25. The van der Waals surface area contributed by atoms with Gasteiger partial charge in [-0.1, -0.05) is 17.7 Å². The van der Waals surface area contributed by atoms with Gasteiger partial charge in [-0.3, -0.25) is 4.79 Å². The number of rotatable bonds is 9. The first-order chi connectivity index (χ1) is 14.0. The zero-order chi connectivity index (χ0) is 21.1. The van der Waals surface area contributed by atoms with E-state index < -0.39 is 0 Å². The summed E-state index contributed by atoms with van der Waals surface area (Å²) in [6, 6.07) is 13.5. The molecule has 0 aliphatic heterocycles. The molecule has 2 rings (SSSR count). The van der Waals surface area contributed by atoms with Crippen molar-refractivity contribution in [2.75, 3.05) is 31.3 Å². The Kier molecular flexibility index (Phi) is 9.67. The van der Waals surface area contributed by atoms with Crippen LogP contribution in [0.1, 0.15) is 19.4 Å². The molecule has 0 saturated carbocycles. The second-order valence-corrected chi connectivity index (χ2v) is 7.74. The number of carbonyl (C=O) groups excluding carboxylic acids is 1. The molecule has 0 aliphatic carbocycles. The Morgan fingerprint density at radius 2 is 1.93 bits per heavy atom. The summed E-state index contributed by atoms with van der Waals surface area (Å²) >= 11 is 7.67. The molecule has 156 valence electrons. The Labute approximate surface area is 181 Å². The molecule has 0 aromatic heterocycles. The number of nitrogens with zero attached hydrogens (tertiary/aromatic N) is 1. The minimum Gasteiger partial charge on any atom is -0.495 e. The van der Waals surface area contributed by atoms with Gasteiger partial charge in [0.25, 0.3) is 0 Å². The number of hydrogen-bond donors (Lipinski definition) is 3. The molecule has 8 heteroatoms. The number of guanidine groups is 1. The number of anilines is 1. The minimum absolute atomic E-state index is 0.142. The lowest BCUT2D eigenvalue weighted by molar-refractivity contribution is -0.114. The van der Waals surface area contributed by atoms with Crippen LogP contribution in [0, 0.1) is 0 Å². The van der Waals surface area contributed by atoms with Gasteiger partial charge >= 0.3 is 0 Å². The van der Waals surface area contributed by atoms with Crippen molar-refractivity contribution in [3.8, 4) is 5.75 Å². The fourth-order valence-electron chi connectivity index (χ4n) is 2.52. The van der Waals surface area contributed by atoms with Crippen LogP contribution in [0.25, 0.3) is 0 Å². The van der Waals surface area contributed by atoms with Crippen molar-refractivity contribution in [1.82, 2.24) is 10.6 Å². The van der Waals surface area contributed by atoms with E-state index in [0.717, 1.165) is 35.4 Å². The first-order valence-electron chi connectivity index (χ1n) is 9.37. The molecule has 1 amide bonds. The van der Waals surface area contributed by atoms with Gasteiger partial charge in [0, 0.05) is 35.7 Å². The molecule has 0 atom stereocenters. The number of halogens is 1. The summed E-state index contributed by atoms with van der Waals surface area (Å²) in [6.45, 7) is 5.53. The van der Waals surface area contributed by atoms with Crippen LogP contribution in [-0.2, 0) is 11.3 Å². The molecule has 0 aliphatic rings. The fourth-order valence-corrected chi connectivity index (χ4v) is 3.42. The van der Waals surface area contributed by atoms with Gasteiger partial charge in [0.15, 0.2) is 5.96 Å². The van der Waals surface area contributed by atoms with Gasteiger partial charge < -0.3 is 20.7 Å². The number of amides is 1. The largest absolute Gasteiger partial charge is 0.495 e. The quantitative estimate of drug-likeness (QED) is 0.239. The summed E-state index contributed by atoms with van der Waals surface area (Å²) in [6.07, 6.45) is 0. The second-order valence-electron chi connectivity index (χ2n) is 6.14. The molecular weight excluding hydrogens is 408 g/mol. The second kappa shape index (κ2) is 12.2. The lowest BCUT2D eigenvalue weighted by Gasteiger charge is -2.12. The van der Waals surface area contributed by atoms with Crippen molar-refractivity contribution >= 4 is 40.9 Å². The molecule has 29 heavy (non-hydrogen) atoms. The molecule has 0 spiro atoms. The number of carbonyl (C=O) groups is 1. The lowest BCUT2D eigenvalue weighted by atomic mass is 10.2. The standard InChI is InChI=1S/C21H27ClN4O2S/c1-4-23-21(24-11-12-29-18-8-6-17(22)7-9-18)25-14-16-5-10-20(28-3)19(13-16)26-15(2)27/h5-10,13H,4,11-12,14H2,1-3H3,(H,26,27)(H2,23,24,25). The van der Waals surface area contributed by atoms with Crippen molar-refractivity contribution in [2.45, 2.75) is 25.3 Å². The smallest absolute Gasteiger partial charge is 0.221 e. The van der Waals surface area contributed by atoms with Crippen molar-refractivity contribution in [3.63, 3.8) is 0 Å². The van der Waals surface area contributed by atoms with Gasteiger partial charge in [0.2, 0.25) is 5.91 Å². The summed E-state index contributed by atoms with van der Waals surface area (Å²) in [5.74, 6) is 2.14. The monoisotopic (exact) mass is 434 g/mol. The lowest BCUT2D eigenvalue weighted by Crippen LogP contribution is -2.38. The zero-order valence-corrected chi connectivity index (χ0v) is 18.5. The first-order valence-corrected chi connectivity index (χ1v) is 10.7. The number of hydrogen-bond acceptors (Lipinski definition) is 4. The van der Waals surface area contributed by atoms with E-state index >= 15 is 0 Å². The molecule has 0 bridgehead atoms. The number of benzene rings is 2. The van der Waals surface area contributed by atoms with Gasteiger partial charge in [0.05, 0.1) is 19.3 Å². The van der Waals surface area contributed by atoms with E-state index in [9.17, 15) is 4.79 Å². The van der Waals surface area contributed by atoms with Crippen LogP contribution in [0.2, 0.25) is 5.02 Å². The highest BCUT2D eigenvalue weighted by Gasteiger charge is 2.06. The Morgan fingerprint density at radius 3 is 2.59 bits per heavy atom. The molecule has 2 aromatic carbocycles. The molecular formula is C21H27ClN4O2S. The fraction of sp³-hybridized carbons (Fsp3) is 0.333. The predicted molar refractivity (Wildman–Crippen MR) is 122 cm³/mol. The molecule has 2 aromatic rings. The Morgan fingerprint density at radius 1 is 1.17 bits per heavy atom. The summed E-state index contributed by atoms with van der Waals surface area (Å²) in [5, 5.41) is 10.1. The van der Waals surface area contributed by atoms with Gasteiger partial charge in [-0.05, 0) is 48.9 Å². The Balaban J connectivity index is 1.92. The van der Waals surface area contributed by atoms with Crippen molar-refractivity contribution in [3.05, 3.63) is 53.1 Å². The third-order valence-corrected chi connectivity index (χ3v) is 5.08. The molecule has 0 fully saturated rings. The SMILES string of the molecule is CCNC(=NCc1ccc(OC)c(NC(C)=O)c1)NCCSc1ccc(Cl)cc1.